The predicted molar refractivity (Wildman–Crippen MR) is 69.7 cm³/mol. The van der Waals surface area contributed by atoms with Gasteiger partial charge in [-0.1, -0.05) is 0 Å². The molecule has 3 rings (SSSR count). The number of hydrogen-bond donors (Lipinski definition) is 0. The average molecular weight is 297 g/mol. The molecule has 2 aromatic rings. The molecule has 1 fully saturated rings. The lowest BCUT2D eigenvalue weighted by molar-refractivity contribution is -0.141. The summed E-state index contributed by atoms with van der Waals surface area (Å²) in [7, 11) is 0. The predicted octanol–water partition coefficient (Wildman–Crippen LogP) is 2.53. The van der Waals surface area contributed by atoms with Crippen LogP contribution in [-0.2, 0) is 6.18 Å². The van der Waals surface area contributed by atoms with Crippen LogP contribution in [0.25, 0.3) is 0 Å². The number of rotatable bonds is 2. The molecule has 0 spiro atoms. The Morgan fingerprint density at radius 1 is 1.24 bits per heavy atom. The van der Waals surface area contributed by atoms with Crippen LogP contribution in [0.3, 0.4) is 0 Å². The van der Waals surface area contributed by atoms with E-state index in [1.165, 1.54) is 0 Å². The molecule has 0 saturated carbocycles. The molecule has 8 heteroatoms. The minimum Gasteiger partial charge on any atom is -0.339 e. The minimum absolute atomic E-state index is 0.127. The average Bonchev–Trinajstić information content (AvgIpc) is 3.01. The van der Waals surface area contributed by atoms with E-state index in [9.17, 15) is 13.2 Å². The highest BCUT2D eigenvalue weighted by atomic mass is 19.4. The maximum absolute atomic E-state index is 12.7. The number of nitrogens with zero attached hydrogens (tertiary/aromatic N) is 5. The lowest BCUT2D eigenvalue weighted by Crippen LogP contribution is -2.38. The van der Waals surface area contributed by atoms with Gasteiger partial charge in [-0.05, 0) is 25.0 Å². The largest absolute Gasteiger partial charge is 0.433 e. The fourth-order valence-corrected chi connectivity index (χ4v) is 2.51. The van der Waals surface area contributed by atoms with Crippen molar-refractivity contribution in [1.82, 2.24) is 19.7 Å². The quantitative estimate of drug-likeness (QED) is 0.854. The van der Waals surface area contributed by atoms with E-state index in [2.05, 4.69) is 15.1 Å². The second-order valence-corrected chi connectivity index (χ2v) is 4.97. The molecule has 1 unspecified atom stereocenters. The third-order valence-corrected chi connectivity index (χ3v) is 3.51. The van der Waals surface area contributed by atoms with Gasteiger partial charge in [0.15, 0.2) is 0 Å². The number of piperidine rings is 1. The van der Waals surface area contributed by atoms with Crippen molar-refractivity contribution in [2.75, 3.05) is 18.0 Å². The van der Waals surface area contributed by atoms with Gasteiger partial charge in [0.25, 0.3) is 0 Å². The third kappa shape index (κ3) is 2.98. The Morgan fingerprint density at radius 2 is 2.10 bits per heavy atom. The van der Waals surface area contributed by atoms with Crippen LogP contribution in [0.5, 0.6) is 0 Å². The van der Waals surface area contributed by atoms with Crippen LogP contribution >= 0.6 is 0 Å². The summed E-state index contributed by atoms with van der Waals surface area (Å²) < 4.78 is 40.0. The molecule has 2 aromatic heterocycles. The SMILES string of the molecule is FC(F)(F)c1ccnc(N2CCCC(n3cccn3)C2)n1. The monoisotopic (exact) mass is 297 g/mol. The molecule has 21 heavy (non-hydrogen) atoms. The van der Waals surface area contributed by atoms with E-state index < -0.39 is 11.9 Å². The zero-order chi connectivity index (χ0) is 14.9. The summed E-state index contributed by atoms with van der Waals surface area (Å²) in [5.74, 6) is 0.127. The zero-order valence-corrected chi connectivity index (χ0v) is 11.2. The van der Waals surface area contributed by atoms with Crippen molar-refractivity contribution in [3.05, 3.63) is 36.4 Å². The van der Waals surface area contributed by atoms with E-state index in [4.69, 9.17) is 0 Å². The smallest absolute Gasteiger partial charge is 0.339 e. The van der Waals surface area contributed by atoms with Crippen molar-refractivity contribution >= 4 is 5.95 Å². The second-order valence-electron chi connectivity index (χ2n) is 4.97. The van der Waals surface area contributed by atoms with E-state index in [0.29, 0.717) is 13.1 Å². The fraction of sp³-hybridized carbons (Fsp3) is 0.462. The van der Waals surface area contributed by atoms with Gasteiger partial charge in [-0.15, -0.1) is 0 Å². The van der Waals surface area contributed by atoms with Crippen molar-refractivity contribution in [2.45, 2.75) is 25.1 Å². The van der Waals surface area contributed by atoms with E-state index >= 15 is 0 Å². The van der Waals surface area contributed by atoms with E-state index in [-0.39, 0.29) is 12.0 Å². The van der Waals surface area contributed by atoms with Crippen molar-refractivity contribution in [2.24, 2.45) is 0 Å². The summed E-state index contributed by atoms with van der Waals surface area (Å²) in [6, 6.07) is 2.85. The molecule has 5 nitrogen and oxygen atoms in total. The van der Waals surface area contributed by atoms with Crippen LogP contribution in [0.2, 0.25) is 0 Å². The first-order valence-electron chi connectivity index (χ1n) is 6.68. The summed E-state index contributed by atoms with van der Waals surface area (Å²) in [5.41, 5.74) is -0.909. The van der Waals surface area contributed by atoms with E-state index in [0.717, 1.165) is 25.1 Å². The molecule has 3 heterocycles. The molecule has 0 aromatic carbocycles. The van der Waals surface area contributed by atoms with E-state index in [1.54, 1.807) is 11.1 Å². The Hall–Kier alpha value is -2.12. The maximum Gasteiger partial charge on any atom is 0.433 e. The molecule has 0 N–H and O–H groups in total. The van der Waals surface area contributed by atoms with Gasteiger partial charge in [-0.25, -0.2) is 9.97 Å². The first-order chi connectivity index (χ1) is 10.0. The minimum atomic E-state index is -4.45. The van der Waals surface area contributed by atoms with Gasteiger partial charge in [-0.2, -0.15) is 18.3 Å². The topological polar surface area (TPSA) is 46.8 Å². The first-order valence-corrected chi connectivity index (χ1v) is 6.68. The second kappa shape index (κ2) is 5.34. The number of halogens is 3. The van der Waals surface area contributed by atoms with Gasteiger partial charge in [0.05, 0.1) is 6.04 Å². The van der Waals surface area contributed by atoms with Crippen LogP contribution in [0.1, 0.15) is 24.6 Å². The summed E-state index contributed by atoms with van der Waals surface area (Å²) in [6.45, 7) is 1.21. The van der Waals surface area contributed by atoms with Crippen LogP contribution in [0, 0.1) is 0 Å². The summed E-state index contributed by atoms with van der Waals surface area (Å²) in [4.78, 5) is 9.40. The van der Waals surface area contributed by atoms with Gasteiger partial charge in [0.2, 0.25) is 5.95 Å². The first kappa shape index (κ1) is 13.8. The third-order valence-electron chi connectivity index (χ3n) is 3.51. The summed E-state index contributed by atoms with van der Waals surface area (Å²) in [5, 5.41) is 4.19. The van der Waals surface area contributed by atoms with Gasteiger partial charge in [0.1, 0.15) is 5.69 Å². The molecule has 112 valence electrons. The van der Waals surface area contributed by atoms with Gasteiger partial charge in [-0.3, -0.25) is 4.68 Å². The van der Waals surface area contributed by atoms with Crippen LogP contribution in [0.4, 0.5) is 19.1 Å². The highest BCUT2D eigenvalue weighted by Crippen LogP contribution is 2.29. The fourth-order valence-electron chi connectivity index (χ4n) is 2.51. The highest BCUT2D eigenvalue weighted by Gasteiger charge is 2.33. The molecule has 0 radical (unpaired) electrons. The molecular weight excluding hydrogens is 283 g/mol. The number of aromatic nitrogens is 4. The van der Waals surface area contributed by atoms with Crippen molar-refractivity contribution < 1.29 is 13.2 Å². The van der Waals surface area contributed by atoms with Crippen LogP contribution in [0.15, 0.2) is 30.7 Å². The summed E-state index contributed by atoms with van der Waals surface area (Å²) >= 11 is 0. The number of anilines is 1. The molecule has 0 amide bonds. The van der Waals surface area contributed by atoms with E-state index in [1.807, 2.05) is 16.9 Å². The number of alkyl halides is 3. The van der Waals surface area contributed by atoms with Crippen molar-refractivity contribution in [1.29, 1.82) is 0 Å². The van der Waals surface area contributed by atoms with Crippen LogP contribution in [-0.4, -0.2) is 32.8 Å². The Balaban J connectivity index is 1.80. The Labute approximate surface area is 119 Å². The maximum atomic E-state index is 12.7. The standard InChI is InChI=1S/C13H14F3N5/c14-13(15,16)11-4-6-17-12(19-11)20-7-1-3-10(9-20)21-8-2-5-18-21/h2,4-6,8,10H,1,3,7,9H2. The normalized spacial score (nSPS) is 19.8. The highest BCUT2D eigenvalue weighted by molar-refractivity contribution is 5.32. The Bertz CT molecular complexity index is 596. The Morgan fingerprint density at radius 3 is 2.81 bits per heavy atom. The lowest BCUT2D eigenvalue weighted by atomic mass is 10.1. The molecule has 0 bridgehead atoms. The number of hydrogen-bond acceptors (Lipinski definition) is 4. The summed E-state index contributed by atoms with van der Waals surface area (Å²) in [6.07, 6.45) is 2.07. The molecule has 1 atom stereocenters. The van der Waals surface area contributed by atoms with Crippen LogP contribution < -0.4 is 4.90 Å². The molecule has 0 aliphatic carbocycles. The molecule has 1 aliphatic rings. The molecule has 1 aliphatic heterocycles. The van der Waals surface area contributed by atoms with Crippen molar-refractivity contribution in [3.63, 3.8) is 0 Å². The van der Waals surface area contributed by atoms with Crippen molar-refractivity contribution in [3.8, 4) is 0 Å². The molecular formula is C13H14F3N5. The van der Waals surface area contributed by atoms with Gasteiger partial charge in [0, 0.05) is 31.7 Å². The zero-order valence-electron chi connectivity index (χ0n) is 11.2. The lowest BCUT2D eigenvalue weighted by Gasteiger charge is -2.33. The van der Waals surface area contributed by atoms with Gasteiger partial charge >= 0.3 is 6.18 Å². The Kier molecular flexibility index (Phi) is 3.52. The molecule has 1 saturated heterocycles. The van der Waals surface area contributed by atoms with Gasteiger partial charge < -0.3 is 4.90 Å².